The Kier molecular flexibility index (Phi) is 8.93. The summed E-state index contributed by atoms with van der Waals surface area (Å²) in [6.45, 7) is 0.787. The lowest BCUT2D eigenvalue weighted by atomic mass is 9.83. The van der Waals surface area contributed by atoms with Crippen molar-refractivity contribution in [2.75, 3.05) is 39.4 Å². The molecule has 234 valence electrons. The summed E-state index contributed by atoms with van der Waals surface area (Å²) in [5.41, 5.74) is 1.01. The molecule has 0 spiro atoms. The second-order valence-electron chi connectivity index (χ2n) is 10.8. The quantitative estimate of drug-likeness (QED) is 0.275. The van der Waals surface area contributed by atoms with E-state index in [1.807, 2.05) is 35.2 Å². The summed E-state index contributed by atoms with van der Waals surface area (Å²) < 4.78 is 17.4. The first-order chi connectivity index (χ1) is 22.4. The molecule has 0 atom stereocenters. The van der Waals surface area contributed by atoms with E-state index in [1.165, 1.54) is 24.3 Å². The van der Waals surface area contributed by atoms with Gasteiger partial charge in [-0.05, 0) is 42.5 Å². The number of rotatable bonds is 4. The zero-order valence-corrected chi connectivity index (χ0v) is 24.8. The standard InChI is InChI=1S/C35H31N3O8/c39-27-13-12-24(46-23-6-2-1-3-7-23)18-22(27)19-38-16-14-36-30(40)20-44-28-10-4-8-25-32(28)35(43)33-26(34(25)42)9-5-11-29(33)45-21-31(41)37-15-17-38/h1-13,18,39H,14-17,19-21H2,(H,36,40)(H,37,41). The molecular formula is C35H31N3O8. The molecule has 0 fully saturated rings. The number of ether oxygens (including phenoxy) is 3. The average Bonchev–Trinajstić information content (AvgIpc) is 3.06. The molecule has 1 heterocycles. The highest BCUT2D eigenvalue weighted by Crippen LogP contribution is 2.37. The third-order valence-electron chi connectivity index (χ3n) is 7.64. The van der Waals surface area contributed by atoms with Crippen molar-refractivity contribution in [3.63, 3.8) is 0 Å². The van der Waals surface area contributed by atoms with E-state index in [9.17, 15) is 24.3 Å². The molecule has 1 aliphatic carbocycles. The lowest BCUT2D eigenvalue weighted by molar-refractivity contribution is -0.123. The minimum atomic E-state index is -0.491. The highest BCUT2D eigenvalue weighted by molar-refractivity contribution is 6.30. The Morgan fingerprint density at radius 1 is 0.674 bits per heavy atom. The number of hydrogen-bond donors (Lipinski definition) is 3. The molecule has 0 unspecified atom stereocenters. The zero-order chi connectivity index (χ0) is 32.0. The number of aromatic hydroxyl groups is 1. The predicted molar refractivity (Wildman–Crippen MR) is 167 cm³/mol. The van der Waals surface area contributed by atoms with Crippen LogP contribution in [0, 0.1) is 0 Å². The van der Waals surface area contributed by atoms with E-state index >= 15 is 0 Å². The number of nitrogens with one attached hydrogen (secondary N) is 2. The minimum absolute atomic E-state index is 0.0406. The van der Waals surface area contributed by atoms with Crippen molar-refractivity contribution in [3.8, 4) is 28.7 Å². The fourth-order valence-electron chi connectivity index (χ4n) is 5.40. The number of benzene rings is 4. The van der Waals surface area contributed by atoms with E-state index in [0.29, 0.717) is 36.7 Å². The third kappa shape index (κ3) is 6.69. The first-order valence-corrected chi connectivity index (χ1v) is 14.8. The number of ketones is 2. The van der Waals surface area contributed by atoms with Gasteiger partial charge < -0.3 is 30.0 Å². The van der Waals surface area contributed by atoms with Crippen LogP contribution in [0.4, 0.5) is 0 Å². The molecule has 6 rings (SSSR count). The second-order valence-corrected chi connectivity index (χ2v) is 10.8. The van der Waals surface area contributed by atoms with Crippen molar-refractivity contribution >= 4 is 23.4 Å². The van der Waals surface area contributed by atoms with Crippen LogP contribution in [0.15, 0.2) is 84.9 Å². The highest BCUT2D eigenvalue weighted by atomic mass is 16.5. The SMILES string of the molecule is O=C1COc2cccc3c2C(=O)c2c(cccc2C3=O)OCC(=O)NCCN(Cc2cc(Oc3ccccc3)ccc2O)CCN1. The van der Waals surface area contributed by atoms with Crippen molar-refractivity contribution in [2.24, 2.45) is 0 Å². The monoisotopic (exact) mass is 621 g/mol. The maximum Gasteiger partial charge on any atom is 0.257 e. The maximum atomic E-state index is 13.7. The normalized spacial score (nSPS) is 15.8. The smallest absolute Gasteiger partial charge is 0.257 e. The van der Waals surface area contributed by atoms with Gasteiger partial charge in [-0.3, -0.25) is 24.1 Å². The van der Waals surface area contributed by atoms with Crippen LogP contribution in [0.5, 0.6) is 28.7 Å². The number of phenols is 1. The summed E-state index contributed by atoms with van der Waals surface area (Å²) in [6, 6.07) is 23.6. The van der Waals surface area contributed by atoms with Gasteiger partial charge in [-0.1, -0.05) is 42.5 Å². The zero-order valence-electron chi connectivity index (χ0n) is 24.8. The van der Waals surface area contributed by atoms with Gasteiger partial charge in [0.25, 0.3) is 11.8 Å². The molecular weight excluding hydrogens is 590 g/mol. The van der Waals surface area contributed by atoms with Gasteiger partial charge in [0.05, 0.1) is 11.1 Å². The van der Waals surface area contributed by atoms with Crippen LogP contribution in [0.3, 0.4) is 0 Å². The molecule has 0 saturated heterocycles. The molecule has 3 N–H and O–H groups in total. The summed E-state index contributed by atoms with van der Waals surface area (Å²) in [4.78, 5) is 54.5. The van der Waals surface area contributed by atoms with Gasteiger partial charge in [-0.25, -0.2) is 0 Å². The molecule has 4 aromatic carbocycles. The maximum absolute atomic E-state index is 13.7. The van der Waals surface area contributed by atoms with Crippen molar-refractivity contribution < 1.29 is 38.5 Å². The van der Waals surface area contributed by atoms with Crippen LogP contribution in [0.2, 0.25) is 0 Å². The van der Waals surface area contributed by atoms with Crippen LogP contribution < -0.4 is 24.8 Å². The number of hydrogen-bond acceptors (Lipinski definition) is 9. The van der Waals surface area contributed by atoms with E-state index in [0.717, 1.165) is 0 Å². The summed E-state index contributed by atoms with van der Waals surface area (Å²) in [6.07, 6.45) is 0. The predicted octanol–water partition coefficient (Wildman–Crippen LogP) is 3.47. The minimum Gasteiger partial charge on any atom is -0.508 e. The lowest BCUT2D eigenvalue weighted by Gasteiger charge is -2.24. The molecule has 2 bridgehead atoms. The molecule has 11 nitrogen and oxygen atoms in total. The lowest BCUT2D eigenvalue weighted by Crippen LogP contribution is -2.41. The Morgan fingerprint density at radius 2 is 1.26 bits per heavy atom. The molecule has 1 aliphatic heterocycles. The molecule has 46 heavy (non-hydrogen) atoms. The van der Waals surface area contributed by atoms with Crippen LogP contribution in [0.25, 0.3) is 0 Å². The van der Waals surface area contributed by atoms with Gasteiger partial charge in [0.2, 0.25) is 5.78 Å². The summed E-state index contributed by atoms with van der Waals surface area (Å²) in [5, 5.41) is 16.2. The fourth-order valence-corrected chi connectivity index (χ4v) is 5.40. The molecule has 11 heteroatoms. The molecule has 0 radical (unpaired) electrons. The number of nitrogens with zero attached hydrogens (tertiary/aromatic N) is 1. The van der Waals surface area contributed by atoms with E-state index in [2.05, 4.69) is 10.6 Å². The third-order valence-corrected chi connectivity index (χ3v) is 7.64. The number of para-hydroxylation sites is 1. The van der Waals surface area contributed by atoms with Gasteiger partial charge in [0, 0.05) is 49.4 Å². The van der Waals surface area contributed by atoms with E-state index < -0.39 is 17.6 Å². The van der Waals surface area contributed by atoms with Gasteiger partial charge >= 0.3 is 0 Å². The number of amides is 2. The van der Waals surface area contributed by atoms with Gasteiger partial charge in [0.1, 0.15) is 28.7 Å². The summed E-state index contributed by atoms with van der Waals surface area (Å²) in [5.74, 6) is -0.233. The average molecular weight is 622 g/mol. The van der Waals surface area contributed by atoms with Crippen molar-refractivity contribution in [3.05, 3.63) is 113 Å². The van der Waals surface area contributed by atoms with Gasteiger partial charge in [-0.2, -0.15) is 0 Å². The van der Waals surface area contributed by atoms with Crippen molar-refractivity contribution in [1.29, 1.82) is 0 Å². The molecule has 2 aliphatic rings. The molecule has 4 aromatic rings. The Labute approximate surface area is 264 Å². The Morgan fingerprint density at radius 3 is 1.85 bits per heavy atom. The fraction of sp³-hybridized carbons (Fsp3) is 0.200. The van der Waals surface area contributed by atoms with E-state index in [1.54, 1.807) is 30.3 Å². The number of carbonyl (C=O) groups excluding carboxylic acids is 4. The van der Waals surface area contributed by atoms with Crippen molar-refractivity contribution in [2.45, 2.75) is 6.54 Å². The second kappa shape index (κ2) is 13.5. The number of carbonyl (C=O) groups is 4. The van der Waals surface area contributed by atoms with E-state index in [4.69, 9.17) is 14.2 Å². The van der Waals surface area contributed by atoms with Gasteiger partial charge in [0.15, 0.2) is 19.0 Å². The van der Waals surface area contributed by atoms with Crippen LogP contribution in [-0.2, 0) is 16.1 Å². The topological polar surface area (TPSA) is 144 Å². The first kappa shape index (κ1) is 30.4. The van der Waals surface area contributed by atoms with Crippen LogP contribution in [0.1, 0.15) is 37.4 Å². The number of phenolic OH excluding ortho intramolecular Hbond substituents is 1. The van der Waals surface area contributed by atoms with Crippen LogP contribution >= 0.6 is 0 Å². The Balaban J connectivity index is 1.21. The summed E-state index contributed by atoms with van der Waals surface area (Å²) >= 11 is 0. The Hall–Kier alpha value is -5.68. The van der Waals surface area contributed by atoms with Gasteiger partial charge in [-0.15, -0.1) is 0 Å². The molecule has 0 aromatic heterocycles. The first-order valence-electron chi connectivity index (χ1n) is 14.8. The Bertz CT molecular complexity index is 1730. The highest BCUT2D eigenvalue weighted by Gasteiger charge is 2.35. The van der Waals surface area contributed by atoms with E-state index in [-0.39, 0.29) is 71.6 Å². The molecule has 2 amide bonds. The molecule has 0 saturated carbocycles. The van der Waals surface area contributed by atoms with Crippen molar-refractivity contribution in [1.82, 2.24) is 15.5 Å². The largest absolute Gasteiger partial charge is 0.508 e. The van der Waals surface area contributed by atoms with Crippen LogP contribution in [-0.4, -0.2) is 72.8 Å². The summed E-state index contributed by atoms with van der Waals surface area (Å²) in [7, 11) is 0.